The monoisotopic (exact) mass is 426 g/mol. The summed E-state index contributed by atoms with van der Waals surface area (Å²) in [7, 11) is -1.60. The number of piperidine rings is 1. The Morgan fingerprint density at radius 3 is 2.59 bits per heavy atom. The molecule has 1 aromatic rings. The number of sulfonamides is 1. The molecule has 0 atom stereocenters. The van der Waals surface area contributed by atoms with Gasteiger partial charge in [0.1, 0.15) is 0 Å². The SMILES string of the molecule is CN=C(NCC1CCN(S(=O)(=O)C(F)(F)F)CC1)N(C)CCc1cccs1. The lowest BCUT2D eigenvalue weighted by Crippen LogP contribution is -2.47. The molecule has 0 saturated carbocycles. The maximum Gasteiger partial charge on any atom is 0.511 e. The predicted octanol–water partition coefficient (Wildman–Crippen LogP) is 2.36. The molecule has 1 aromatic heterocycles. The third kappa shape index (κ3) is 5.82. The smallest absolute Gasteiger partial charge is 0.356 e. The number of halogens is 3. The van der Waals surface area contributed by atoms with Crippen LogP contribution in [0.4, 0.5) is 13.2 Å². The number of nitrogens with zero attached hydrogens (tertiary/aromatic N) is 3. The Balaban J connectivity index is 1.78. The van der Waals surface area contributed by atoms with Gasteiger partial charge in [-0.15, -0.1) is 11.3 Å². The topological polar surface area (TPSA) is 65.0 Å². The van der Waals surface area contributed by atoms with Crippen LogP contribution in [0.1, 0.15) is 17.7 Å². The summed E-state index contributed by atoms with van der Waals surface area (Å²) >= 11 is 1.70. The predicted molar refractivity (Wildman–Crippen MR) is 101 cm³/mol. The van der Waals surface area contributed by atoms with Crippen LogP contribution in [0.15, 0.2) is 22.5 Å². The summed E-state index contributed by atoms with van der Waals surface area (Å²) in [6, 6.07) is 4.09. The summed E-state index contributed by atoms with van der Waals surface area (Å²) < 4.78 is 61.3. The third-order valence-electron chi connectivity index (χ3n) is 4.60. The average molecular weight is 427 g/mol. The fourth-order valence-corrected chi connectivity index (χ4v) is 4.64. The number of likely N-dealkylation sites (N-methyl/N-ethyl adjacent to an activating group) is 1. The zero-order chi connectivity index (χ0) is 20.1. The molecule has 6 nitrogen and oxygen atoms in total. The molecule has 1 saturated heterocycles. The highest BCUT2D eigenvalue weighted by Crippen LogP contribution is 2.30. The molecule has 11 heteroatoms. The third-order valence-corrected chi connectivity index (χ3v) is 7.17. The van der Waals surface area contributed by atoms with Gasteiger partial charge in [-0.3, -0.25) is 4.99 Å². The van der Waals surface area contributed by atoms with Crippen LogP contribution in [0.25, 0.3) is 0 Å². The normalized spacial score (nSPS) is 17.9. The summed E-state index contributed by atoms with van der Waals surface area (Å²) in [5.74, 6) is 0.823. The lowest BCUT2D eigenvalue weighted by atomic mass is 9.98. The van der Waals surface area contributed by atoms with E-state index in [9.17, 15) is 21.6 Å². The molecule has 0 amide bonds. The maximum absolute atomic E-state index is 12.6. The number of thiophene rings is 1. The second-order valence-corrected chi connectivity index (χ2v) is 9.43. The van der Waals surface area contributed by atoms with E-state index in [1.54, 1.807) is 18.4 Å². The molecule has 27 heavy (non-hydrogen) atoms. The van der Waals surface area contributed by atoms with Gasteiger partial charge in [0, 0.05) is 45.2 Å². The molecule has 0 spiro atoms. The second kappa shape index (κ2) is 9.24. The first kappa shape index (κ1) is 22.0. The van der Waals surface area contributed by atoms with E-state index in [4.69, 9.17) is 0 Å². The summed E-state index contributed by atoms with van der Waals surface area (Å²) in [5.41, 5.74) is -5.23. The first-order valence-electron chi connectivity index (χ1n) is 8.65. The minimum absolute atomic E-state index is 0.104. The molecular weight excluding hydrogens is 401 g/mol. The molecular formula is C16H25F3N4O2S2. The number of hydrogen-bond acceptors (Lipinski definition) is 4. The van der Waals surface area contributed by atoms with Gasteiger partial charge >= 0.3 is 15.5 Å². The molecule has 2 rings (SSSR count). The summed E-state index contributed by atoms with van der Waals surface area (Å²) in [4.78, 5) is 7.53. The van der Waals surface area contributed by atoms with E-state index in [1.165, 1.54) is 4.88 Å². The Kier molecular flexibility index (Phi) is 7.52. The minimum atomic E-state index is -5.23. The van der Waals surface area contributed by atoms with Crippen molar-refractivity contribution < 1.29 is 21.6 Å². The first-order valence-corrected chi connectivity index (χ1v) is 11.0. The van der Waals surface area contributed by atoms with Gasteiger partial charge in [0.15, 0.2) is 5.96 Å². The highest BCUT2D eigenvalue weighted by molar-refractivity contribution is 7.90. The van der Waals surface area contributed by atoms with Gasteiger partial charge in [-0.05, 0) is 36.6 Å². The standard InChI is InChI=1S/C16H25F3N4O2S2/c1-20-15(22(2)8-7-14-4-3-11-26-14)21-12-13-5-9-23(10-6-13)27(24,25)16(17,18)19/h3-4,11,13H,5-10,12H2,1-2H3,(H,20,21). The Labute approximate surface area is 162 Å². The molecule has 1 fully saturated rings. The summed E-state index contributed by atoms with van der Waals surface area (Å²) in [5, 5.41) is 5.28. The first-order chi connectivity index (χ1) is 12.6. The molecule has 0 bridgehead atoms. The van der Waals surface area contributed by atoms with Gasteiger partial charge in [0.2, 0.25) is 0 Å². The molecule has 1 aliphatic heterocycles. The molecule has 0 aliphatic carbocycles. The van der Waals surface area contributed by atoms with Gasteiger partial charge in [-0.25, -0.2) is 8.42 Å². The molecule has 0 unspecified atom stereocenters. The van der Waals surface area contributed by atoms with Crippen molar-refractivity contribution in [3.8, 4) is 0 Å². The van der Waals surface area contributed by atoms with Crippen LogP contribution in [-0.2, 0) is 16.4 Å². The number of guanidine groups is 1. The Morgan fingerprint density at radius 2 is 2.07 bits per heavy atom. The van der Waals surface area contributed by atoms with Crippen molar-refractivity contribution in [1.82, 2.24) is 14.5 Å². The number of nitrogens with one attached hydrogen (secondary N) is 1. The number of hydrogen-bond donors (Lipinski definition) is 1. The van der Waals surface area contributed by atoms with E-state index < -0.39 is 15.5 Å². The van der Waals surface area contributed by atoms with E-state index in [0.717, 1.165) is 18.9 Å². The lowest BCUT2D eigenvalue weighted by Gasteiger charge is -2.32. The van der Waals surface area contributed by atoms with Crippen molar-refractivity contribution in [2.75, 3.05) is 40.3 Å². The highest BCUT2D eigenvalue weighted by atomic mass is 32.2. The van der Waals surface area contributed by atoms with Crippen molar-refractivity contribution in [1.29, 1.82) is 0 Å². The van der Waals surface area contributed by atoms with Crippen molar-refractivity contribution >= 4 is 27.3 Å². The van der Waals surface area contributed by atoms with Gasteiger partial charge in [0.05, 0.1) is 0 Å². The van der Waals surface area contributed by atoms with Gasteiger partial charge in [-0.1, -0.05) is 6.07 Å². The highest BCUT2D eigenvalue weighted by Gasteiger charge is 2.50. The quantitative estimate of drug-likeness (QED) is 0.560. The van der Waals surface area contributed by atoms with Crippen LogP contribution in [0.5, 0.6) is 0 Å². The Hall–Kier alpha value is -1.33. The fourth-order valence-electron chi connectivity index (χ4n) is 2.96. The number of rotatable bonds is 6. The largest absolute Gasteiger partial charge is 0.511 e. The number of alkyl halides is 3. The van der Waals surface area contributed by atoms with Crippen LogP contribution in [0.3, 0.4) is 0 Å². The van der Waals surface area contributed by atoms with E-state index in [2.05, 4.69) is 16.4 Å². The van der Waals surface area contributed by atoms with Crippen LogP contribution in [0.2, 0.25) is 0 Å². The van der Waals surface area contributed by atoms with Gasteiger partial charge in [-0.2, -0.15) is 17.5 Å². The summed E-state index contributed by atoms with van der Waals surface area (Å²) in [6.45, 7) is 1.13. The molecule has 1 aliphatic rings. The average Bonchev–Trinajstić information content (AvgIpc) is 3.13. The summed E-state index contributed by atoms with van der Waals surface area (Å²) in [6.07, 6.45) is 1.68. The van der Waals surface area contributed by atoms with Crippen LogP contribution in [0, 0.1) is 5.92 Å². The molecule has 1 N–H and O–H groups in total. The molecule has 2 heterocycles. The zero-order valence-electron chi connectivity index (χ0n) is 15.4. The molecule has 0 aromatic carbocycles. The van der Waals surface area contributed by atoms with Crippen LogP contribution >= 0.6 is 11.3 Å². The zero-order valence-corrected chi connectivity index (χ0v) is 17.0. The van der Waals surface area contributed by atoms with Crippen LogP contribution in [-0.4, -0.2) is 69.4 Å². The van der Waals surface area contributed by atoms with Crippen molar-refractivity contribution in [2.24, 2.45) is 10.9 Å². The maximum atomic E-state index is 12.6. The van der Waals surface area contributed by atoms with E-state index in [0.29, 0.717) is 23.7 Å². The van der Waals surface area contributed by atoms with E-state index in [1.807, 2.05) is 23.4 Å². The Morgan fingerprint density at radius 1 is 1.41 bits per heavy atom. The van der Waals surface area contributed by atoms with Crippen molar-refractivity contribution in [3.05, 3.63) is 22.4 Å². The van der Waals surface area contributed by atoms with Crippen molar-refractivity contribution in [3.63, 3.8) is 0 Å². The Bertz CT molecular complexity index is 713. The fraction of sp³-hybridized carbons (Fsp3) is 0.688. The molecule has 154 valence electrons. The second-order valence-electron chi connectivity index (χ2n) is 6.47. The lowest BCUT2D eigenvalue weighted by molar-refractivity contribution is -0.0496. The molecule has 0 radical (unpaired) electrons. The van der Waals surface area contributed by atoms with Crippen LogP contribution < -0.4 is 5.32 Å². The van der Waals surface area contributed by atoms with E-state index in [-0.39, 0.29) is 19.0 Å². The van der Waals surface area contributed by atoms with Gasteiger partial charge < -0.3 is 10.2 Å². The minimum Gasteiger partial charge on any atom is -0.356 e. The van der Waals surface area contributed by atoms with Crippen molar-refractivity contribution in [2.45, 2.75) is 24.8 Å². The number of aliphatic imine (C=N–C) groups is 1. The van der Waals surface area contributed by atoms with Gasteiger partial charge in [0.25, 0.3) is 0 Å². The van der Waals surface area contributed by atoms with E-state index >= 15 is 0 Å².